The van der Waals surface area contributed by atoms with Gasteiger partial charge < -0.3 is 14.2 Å². The number of rotatable bonds is 7. The van der Waals surface area contributed by atoms with E-state index in [1.165, 1.54) is 4.68 Å². The Morgan fingerprint density at radius 1 is 1.15 bits per heavy atom. The molecule has 2 rings (SSSR count). The molecule has 2 aromatic rings. The number of nitrogens with zero attached hydrogens (tertiary/aromatic N) is 3. The third-order valence-electron chi connectivity index (χ3n) is 4.68. The number of nitriles is 1. The van der Waals surface area contributed by atoms with E-state index in [0.29, 0.717) is 17.8 Å². The highest BCUT2D eigenvalue weighted by Gasteiger charge is 2.30. The zero-order chi connectivity index (χ0) is 25.7. The molecule has 0 aliphatic rings. The third-order valence-corrected chi connectivity index (χ3v) is 5.13. The Labute approximate surface area is 200 Å². The molecule has 0 amide bonds. The summed E-state index contributed by atoms with van der Waals surface area (Å²) in [4.78, 5) is 11.5. The van der Waals surface area contributed by atoms with E-state index in [4.69, 9.17) is 16.3 Å². The van der Waals surface area contributed by atoms with Crippen molar-refractivity contribution < 1.29 is 32.2 Å². The van der Waals surface area contributed by atoms with Gasteiger partial charge in [-0.05, 0) is 30.4 Å². The lowest BCUT2D eigenvalue weighted by molar-refractivity contribution is -0.167. The minimum Gasteiger partial charge on any atom is -0.453 e. The van der Waals surface area contributed by atoms with Crippen LogP contribution in [0.15, 0.2) is 24.3 Å². The lowest BCUT2D eigenvalue weighted by Gasteiger charge is -2.19. The minimum absolute atomic E-state index is 0.0397. The lowest BCUT2D eigenvalue weighted by atomic mass is 9.86. The van der Waals surface area contributed by atoms with Gasteiger partial charge in [-0.15, -0.1) is 0 Å². The molecule has 7 nitrogen and oxygen atoms in total. The second-order valence-electron chi connectivity index (χ2n) is 8.27. The number of hydrogen-bond donors (Lipinski definition) is 0. The second kappa shape index (κ2) is 10.8. The van der Waals surface area contributed by atoms with Gasteiger partial charge in [0.05, 0.1) is 10.7 Å². The molecule has 0 radical (unpaired) electrons. The first-order valence-electron chi connectivity index (χ1n) is 10.3. The quantitative estimate of drug-likeness (QED) is 0.194. The summed E-state index contributed by atoms with van der Waals surface area (Å²) in [6, 6.07) is 9.32. The van der Waals surface area contributed by atoms with Gasteiger partial charge in [-0.1, -0.05) is 56.6 Å². The van der Waals surface area contributed by atoms with Gasteiger partial charge in [0.1, 0.15) is 17.3 Å². The van der Waals surface area contributed by atoms with E-state index < -0.39 is 25.7 Å². The van der Waals surface area contributed by atoms with Crippen molar-refractivity contribution >= 4 is 29.1 Å². The summed E-state index contributed by atoms with van der Waals surface area (Å²) in [5, 5.41) is 14.5. The Balaban J connectivity index is 2.45. The van der Waals surface area contributed by atoms with Crippen LogP contribution >= 0.6 is 11.6 Å². The molecule has 1 aromatic carbocycles. The fraction of sp³-hybridized carbons (Fsp3) is 0.435. The predicted octanol–water partition coefficient (Wildman–Crippen LogP) is 6.24. The van der Waals surface area contributed by atoms with Crippen LogP contribution in [0.3, 0.4) is 0 Å². The van der Waals surface area contributed by atoms with E-state index in [1.807, 2.05) is 12.1 Å². The number of alkyl halides is 3. The molecule has 0 bridgehead atoms. The fourth-order valence-corrected chi connectivity index (χ4v) is 3.19. The average Bonchev–Trinajstić information content (AvgIpc) is 3.04. The maximum Gasteiger partial charge on any atom is 0.511 e. The van der Waals surface area contributed by atoms with Crippen molar-refractivity contribution in [3.8, 4) is 6.07 Å². The van der Waals surface area contributed by atoms with Crippen LogP contribution in [0, 0.1) is 18.3 Å². The summed E-state index contributed by atoms with van der Waals surface area (Å²) < 4.78 is 52.4. The van der Waals surface area contributed by atoms with Crippen molar-refractivity contribution in [2.75, 3.05) is 13.4 Å². The second-order valence-corrected chi connectivity index (χ2v) is 8.65. The van der Waals surface area contributed by atoms with E-state index in [2.05, 4.69) is 41.4 Å². The molecule has 0 unspecified atom stereocenters. The summed E-state index contributed by atoms with van der Waals surface area (Å²) in [5.74, 6) is -0.0397. The van der Waals surface area contributed by atoms with Gasteiger partial charge in [0.25, 0.3) is 0 Å². The van der Waals surface area contributed by atoms with Crippen LogP contribution in [0.25, 0.3) is 11.3 Å². The van der Waals surface area contributed by atoms with Crippen molar-refractivity contribution in [3.63, 3.8) is 0 Å². The van der Waals surface area contributed by atoms with Gasteiger partial charge in [-0.3, -0.25) is 4.68 Å². The molecule has 0 spiro atoms. The normalized spacial score (nSPS) is 12.6. The topological polar surface area (TPSA) is 86.4 Å². The molecule has 0 atom stereocenters. The number of ether oxygens (including phenoxy) is 3. The molecule has 184 valence electrons. The highest BCUT2D eigenvalue weighted by molar-refractivity contribution is 6.33. The van der Waals surface area contributed by atoms with Crippen molar-refractivity contribution in [1.29, 1.82) is 5.26 Å². The Morgan fingerprint density at radius 2 is 1.76 bits per heavy atom. The summed E-state index contributed by atoms with van der Waals surface area (Å²) in [6.07, 6.45) is -6.27. The Hall–Kier alpha value is -3.19. The van der Waals surface area contributed by atoms with Crippen LogP contribution in [-0.4, -0.2) is 35.5 Å². The Bertz CT molecular complexity index is 1090. The van der Waals surface area contributed by atoms with Gasteiger partial charge in [0.15, 0.2) is 12.4 Å². The zero-order valence-electron chi connectivity index (χ0n) is 19.4. The summed E-state index contributed by atoms with van der Waals surface area (Å²) in [5.41, 5.74) is 2.25. The van der Waals surface area contributed by atoms with E-state index in [9.17, 15) is 23.2 Å². The van der Waals surface area contributed by atoms with Crippen molar-refractivity contribution in [1.82, 2.24) is 9.78 Å². The van der Waals surface area contributed by atoms with Crippen molar-refractivity contribution in [2.24, 2.45) is 0 Å². The summed E-state index contributed by atoms with van der Waals surface area (Å²) >= 11 is 6.44. The molecule has 34 heavy (non-hydrogen) atoms. The van der Waals surface area contributed by atoms with Crippen LogP contribution in [-0.2, 0) is 26.2 Å². The van der Waals surface area contributed by atoms with Gasteiger partial charge >= 0.3 is 12.3 Å². The van der Waals surface area contributed by atoms with Crippen LogP contribution in [0.2, 0.25) is 5.02 Å². The van der Waals surface area contributed by atoms with Gasteiger partial charge in [0.2, 0.25) is 6.79 Å². The molecule has 0 N–H and O–H groups in total. The van der Waals surface area contributed by atoms with Gasteiger partial charge in [-0.25, -0.2) is 4.79 Å². The lowest BCUT2D eigenvalue weighted by Crippen LogP contribution is -2.21. The SMILES string of the molecule is CCn1nc(C)c(Cl)c1/C(OCOC(=O)OCC(F)(F)F)=C(\C#N)c1ccc(C(C)(C)C)cc1. The molecule has 0 aliphatic heterocycles. The number of carbonyl (C=O) groups excluding carboxylic acids is 1. The maximum absolute atomic E-state index is 12.2. The highest BCUT2D eigenvalue weighted by atomic mass is 35.5. The molecule has 1 heterocycles. The molecule has 0 fully saturated rings. The Morgan fingerprint density at radius 3 is 2.26 bits per heavy atom. The van der Waals surface area contributed by atoms with E-state index in [0.717, 1.165) is 5.56 Å². The van der Waals surface area contributed by atoms with Crippen LogP contribution < -0.4 is 0 Å². The van der Waals surface area contributed by atoms with Crippen LogP contribution in [0.5, 0.6) is 0 Å². The first-order chi connectivity index (χ1) is 15.8. The van der Waals surface area contributed by atoms with Crippen molar-refractivity contribution in [3.05, 3.63) is 51.8 Å². The Kier molecular flexibility index (Phi) is 8.61. The largest absolute Gasteiger partial charge is 0.511 e. The van der Waals surface area contributed by atoms with E-state index >= 15 is 0 Å². The van der Waals surface area contributed by atoms with Gasteiger partial charge in [-0.2, -0.15) is 23.5 Å². The smallest absolute Gasteiger partial charge is 0.453 e. The van der Waals surface area contributed by atoms with E-state index in [-0.39, 0.29) is 27.5 Å². The number of carbonyl (C=O) groups is 1. The van der Waals surface area contributed by atoms with E-state index in [1.54, 1.807) is 26.0 Å². The predicted molar refractivity (Wildman–Crippen MR) is 120 cm³/mol. The number of benzene rings is 1. The first-order valence-corrected chi connectivity index (χ1v) is 10.6. The maximum atomic E-state index is 12.2. The molecule has 0 saturated heterocycles. The molecular weight excluding hydrogens is 475 g/mol. The molecule has 1 aromatic heterocycles. The summed E-state index contributed by atoms with van der Waals surface area (Å²) in [7, 11) is 0. The number of hydrogen-bond acceptors (Lipinski definition) is 6. The number of aromatic nitrogens is 2. The molecule has 11 heteroatoms. The number of halogens is 4. The monoisotopic (exact) mass is 499 g/mol. The third kappa shape index (κ3) is 6.90. The fourth-order valence-electron chi connectivity index (χ4n) is 2.97. The van der Waals surface area contributed by atoms with Gasteiger partial charge in [0, 0.05) is 6.54 Å². The molecule has 0 aliphatic carbocycles. The number of allylic oxidation sites excluding steroid dienone is 1. The molecular formula is C23H25ClF3N3O4. The summed E-state index contributed by atoms with van der Waals surface area (Å²) in [6.45, 7) is 7.39. The number of aryl methyl sites for hydroxylation is 2. The standard InChI is InChI=1S/C23H25ClF3N3O4/c1-6-30-19(18(24)14(2)29-30)20(33-13-34-21(31)32-12-23(25,26)27)17(11-28)15-7-9-16(10-8-15)22(3,4)5/h7-10H,6,12-13H2,1-5H3/b20-17-. The zero-order valence-corrected chi connectivity index (χ0v) is 20.2. The first kappa shape index (κ1) is 27.1. The highest BCUT2D eigenvalue weighted by Crippen LogP contribution is 2.34. The van der Waals surface area contributed by atoms with Crippen molar-refractivity contribution in [2.45, 2.75) is 52.8 Å². The van der Waals surface area contributed by atoms with Crippen LogP contribution in [0.4, 0.5) is 18.0 Å². The van der Waals surface area contributed by atoms with Crippen LogP contribution in [0.1, 0.15) is 50.2 Å². The minimum atomic E-state index is -4.70. The molecule has 0 saturated carbocycles. The average molecular weight is 500 g/mol.